The number of methoxy groups -OCH3 is 1. The third-order valence-corrected chi connectivity index (χ3v) is 5.25. The largest absolute Gasteiger partial charge is 0.496 e. The minimum Gasteiger partial charge on any atom is -0.496 e. The third-order valence-electron chi connectivity index (χ3n) is 3.98. The Hall–Kier alpha value is -2.33. The second-order valence-electron chi connectivity index (χ2n) is 5.53. The van der Waals surface area contributed by atoms with Crippen LogP contribution in [-0.2, 0) is 6.54 Å². The van der Waals surface area contributed by atoms with Crippen molar-refractivity contribution in [3.05, 3.63) is 64.5 Å². The molecule has 1 amide bonds. The number of amides is 1. The molecule has 0 radical (unpaired) electrons. The van der Waals surface area contributed by atoms with Crippen LogP contribution in [0.15, 0.2) is 48.5 Å². The van der Waals surface area contributed by atoms with Crippen LogP contribution in [0.2, 0.25) is 0 Å². The zero-order chi connectivity index (χ0) is 16.4. The van der Waals surface area contributed by atoms with Crippen molar-refractivity contribution in [2.75, 3.05) is 14.2 Å². The van der Waals surface area contributed by atoms with E-state index in [9.17, 15) is 4.79 Å². The quantitative estimate of drug-likeness (QED) is 0.707. The normalized spacial score (nSPS) is 10.7. The average Bonchev–Trinajstić information content (AvgIpc) is 2.92. The second-order valence-corrected chi connectivity index (χ2v) is 6.58. The Bertz CT molecular complexity index is 853. The molecule has 3 nitrogen and oxygen atoms in total. The zero-order valence-corrected chi connectivity index (χ0v) is 14.3. The van der Waals surface area contributed by atoms with Gasteiger partial charge in [-0.15, -0.1) is 11.3 Å². The van der Waals surface area contributed by atoms with Crippen LogP contribution < -0.4 is 4.74 Å². The molecule has 3 aromatic rings. The number of hydrogen-bond donors (Lipinski definition) is 0. The summed E-state index contributed by atoms with van der Waals surface area (Å²) < 4.78 is 6.52. The van der Waals surface area contributed by atoms with Crippen LogP contribution in [0.5, 0.6) is 5.75 Å². The van der Waals surface area contributed by atoms with Crippen LogP contribution in [-0.4, -0.2) is 25.0 Å². The maximum atomic E-state index is 12.8. The molecule has 23 heavy (non-hydrogen) atoms. The van der Waals surface area contributed by atoms with Crippen LogP contribution in [0.25, 0.3) is 10.1 Å². The van der Waals surface area contributed by atoms with Crippen molar-refractivity contribution in [1.29, 1.82) is 0 Å². The van der Waals surface area contributed by atoms with Crippen LogP contribution >= 0.6 is 11.3 Å². The number of hydrogen-bond acceptors (Lipinski definition) is 3. The Morgan fingerprint density at radius 2 is 1.83 bits per heavy atom. The van der Waals surface area contributed by atoms with Gasteiger partial charge in [0.2, 0.25) is 0 Å². The standard InChI is InChI=1S/C19H19NO2S/c1-13-15-9-5-7-11-17(15)23-18(13)19(21)20(2)12-14-8-4-6-10-16(14)22-3/h4-11H,12H2,1-3H3. The first-order chi connectivity index (χ1) is 11.1. The summed E-state index contributed by atoms with van der Waals surface area (Å²) in [5.74, 6) is 0.856. The summed E-state index contributed by atoms with van der Waals surface area (Å²) in [7, 11) is 3.48. The summed E-state index contributed by atoms with van der Waals surface area (Å²) >= 11 is 1.56. The lowest BCUT2D eigenvalue weighted by Gasteiger charge is -2.18. The van der Waals surface area contributed by atoms with Gasteiger partial charge in [0.15, 0.2) is 0 Å². The minimum atomic E-state index is 0.0506. The molecule has 118 valence electrons. The van der Waals surface area contributed by atoms with Gasteiger partial charge in [0, 0.05) is 23.9 Å². The lowest BCUT2D eigenvalue weighted by Crippen LogP contribution is -2.26. The lowest BCUT2D eigenvalue weighted by atomic mass is 10.1. The molecular formula is C19H19NO2S. The van der Waals surface area contributed by atoms with Gasteiger partial charge in [0.25, 0.3) is 5.91 Å². The number of thiophene rings is 1. The number of ether oxygens (including phenoxy) is 1. The van der Waals surface area contributed by atoms with Gasteiger partial charge in [-0.2, -0.15) is 0 Å². The first-order valence-electron chi connectivity index (χ1n) is 7.47. The van der Waals surface area contributed by atoms with Gasteiger partial charge >= 0.3 is 0 Å². The van der Waals surface area contributed by atoms with E-state index in [0.717, 1.165) is 31.8 Å². The van der Waals surface area contributed by atoms with Gasteiger partial charge in [-0.05, 0) is 30.0 Å². The molecule has 0 unspecified atom stereocenters. The molecule has 0 aliphatic heterocycles. The Morgan fingerprint density at radius 3 is 2.57 bits per heavy atom. The van der Waals surface area contributed by atoms with Gasteiger partial charge < -0.3 is 9.64 Å². The number of fused-ring (bicyclic) bond motifs is 1. The van der Waals surface area contributed by atoms with Crippen LogP contribution in [0.4, 0.5) is 0 Å². The van der Waals surface area contributed by atoms with E-state index in [1.165, 1.54) is 0 Å². The summed E-state index contributed by atoms with van der Waals surface area (Å²) in [6.07, 6.45) is 0. The van der Waals surface area contributed by atoms with Gasteiger partial charge in [0.05, 0.1) is 12.0 Å². The number of nitrogens with zero attached hydrogens (tertiary/aromatic N) is 1. The van der Waals surface area contributed by atoms with Crippen molar-refractivity contribution < 1.29 is 9.53 Å². The predicted molar refractivity (Wildman–Crippen MR) is 95.4 cm³/mol. The highest BCUT2D eigenvalue weighted by Gasteiger charge is 2.19. The van der Waals surface area contributed by atoms with Gasteiger partial charge in [-0.25, -0.2) is 0 Å². The molecule has 0 saturated heterocycles. The lowest BCUT2D eigenvalue weighted by molar-refractivity contribution is 0.0788. The number of rotatable bonds is 4. The van der Waals surface area contributed by atoms with E-state index in [0.29, 0.717) is 6.54 Å². The molecule has 2 aromatic carbocycles. The fraction of sp³-hybridized carbons (Fsp3) is 0.211. The molecular weight excluding hydrogens is 306 g/mol. The molecule has 1 aromatic heterocycles. The number of carbonyl (C=O) groups is 1. The maximum absolute atomic E-state index is 12.8. The minimum absolute atomic E-state index is 0.0506. The SMILES string of the molecule is COc1ccccc1CN(C)C(=O)c1sc2ccccc2c1C. The molecule has 0 N–H and O–H groups in total. The molecule has 0 fully saturated rings. The Kier molecular flexibility index (Phi) is 4.35. The van der Waals surface area contributed by atoms with Gasteiger partial charge in [-0.3, -0.25) is 4.79 Å². The van der Waals surface area contributed by atoms with Crippen molar-refractivity contribution in [3.63, 3.8) is 0 Å². The van der Waals surface area contributed by atoms with E-state index in [4.69, 9.17) is 4.74 Å². The summed E-state index contributed by atoms with van der Waals surface area (Å²) in [4.78, 5) is 15.4. The van der Waals surface area contributed by atoms with Gasteiger partial charge in [-0.1, -0.05) is 36.4 Å². The van der Waals surface area contributed by atoms with Crippen molar-refractivity contribution >= 4 is 27.3 Å². The number of aryl methyl sites for hydroxylation is 1. The fourth-order valence-electron chi connectivity index (χ4n) is 2.71. The Labute approximate surface area is 140 Å². The van der Waals surface area contributed by atoms with E-state index in [1.807, 2.05) is 50.4 Å². The van der Waals surface area contributed by atoms with E-state index in [2.05, 4.69) is 12.1 Å². The van der Waals surface area contributed by atoms with E-state index in [-0.39, 0.29) is 5.91 Å². The molecule has 0 spiro atoms. The first kappa shape index (κ1) is 15.6. The van der Waals surface area contributed by atoms with E-state index in [1.54, 1.807) is 23.3 Å². The monoisotopic (exact) mass is 325 g/mol. The summed E-state index contributed by atoms with van der Waals surface area (Å²) in [5.41, 5.74) is 2.06. The highest BCUT2D eigenvalue weighted by molar-refractivity contribution is 7.21. The molecule has 3 rings (SSSR count). The molecule has 4 heteroatoms. The van der Waals surface area contributed by atoms with Crippen molar-refractivity contribution in [2.45, 2.75) is 13.5 Å². The van der Waals surface area contributed by atoms with Crippen LogP contribution in [0.3, 0.4) is 0 Å². The Balaban J connectivity index is 1.88. The molecule has 1 heterocycles. The maximum Gasteiger partial charge on any atom is 0.264 e. The van der Waals surface area contributed by atoms with Crippen molar-refractivity contribution in [2.24, 2.45) is 0 Å². The molecule has 0 bridgehead atoms. The molecule has 0 saturated carbocycles. The summed E-state index contributed by atoms with van der Waals surface area (Å²) in [6, 6.07) is 15.9. The number of benzene rings is 2. The molecule has 0 aliphatic rings. The highest BCUT2D eigenvalue weighted by Crippen LogP contribution is 2.31. The van der Waals surface area contributed by atoms with Crippen molar-refractivity contribution in [3.8, 4) is 5.75 Å². The Morgan fingerprint density at radius 1 is 1.13 bits per heavy atom. The van der Waals surface area contributed by atoms with Gasteiger partial charge in [0.1, 0.15) is 5.75 Å². The molecule has 0 aliphatic carbocycles. The first-order valence-corrected chi connectivity index (χ1v) is 8.29. The smallest absolute Gasteiger partial charge is 0.264 e. The summed E-state index contributed by atoms with van der Waals surface area (Å²) in [5, 5.41) is 1.16. The van der Waals surface area contributed by atoms with Crippen molar-refractivity contribution in [1.82, 2.24) is 4.90 Å². The topological polar surface area (TPSA) is 29.5 Å². The van der Waals surface area contributed by atoms with E-state index < -0.39 is 0 Å². The van der Waals surface area contributed by atoms with Crippen LogP contribution in [0, 0.1) is 6.92 Å². The predicted octanol–water partition coefficient (Wildman–Crippen LogP) is 4.49. The second kappa shape index (κ2) is 6.42. The molecule has 0 atom stereocenters. The third kappa shape index (κ3) is 2.94. The fourth-order valence-corrected chi connectivity index (χ4v) is 3.92. The van der Waals surface area contributed by atoms with Crippen LogP contribution in [0.1, 0.15) is 20.8 Å². The number of para-hydroxylation sites is 1. The summed E-state index contributed by atoms with van der Waals surface area (Å²) in [6.45, 7) is 2.54. The average molecular weight is 325 g/mol. The zero-order valence-electron chi connectivity index (χ0n) is 13.5. The number of carbonyl (C=O) groups excluding carboxylic acids is 1. The highest BCUT2D eigenvalue weighted by atomic mass is 32.1. The van der Waals surface area contributed by atoms with E-state index >= 15 is 0 Å².